The maximum atomic E-state index is 12.9. The summed E-state index contributed by atoms with van der Waals surface area (Å²) in [6, 6.07) is 11.1. The van der Waals surface area contributed by atoms with Gasteiger partial charge >= 0.3 is 11.9 Å². The highest BCUT2D eigenvalue weighted by atomic mass is 19.4. The van der Waals surface area contributed by atoms with E-state index in [1.54, 1.807) is 18.2 Å². The van der Waals surface area contributed by atoms with Crippen LogP contribution >= 0.6 is 0 Å². The van der Waals surface area contributed by atoms with Crippen LogP contribution in [-0.2, 0) is 6.18 Å². The predicted molar refractivity (Wildman–Crippen MR) is 104 cm³/mol. The lowest BCUT2D eigenvalue weighted by molar-refractivity contribution is -0.385. The van der Waals surface area contributed by atoms with Crippen molar-refractivity contribution >= 4 is 17.8 Å². The molecule has 0 fully saturated rings. The van der Waals surface area contributed by atoms with Gasteiger partial charge in [-0.15, -0.1) is 0 Å². The minimum absolute atomic E-state index is 0.0901. The zero-order valence-electron chi connectivity index (χ0n) is 15.5. The lowest BCUT2D eigenvalue weighted by Crippen LogP contribution is -2.17. The quantitative estimate of drug-likeness (QED) is 0.350. The predicted octanol–water partition coefficient (Wildman–Crippen LogP) is 4.56. The van der Waals surface area contributed by atoms with Crippen LogP contribution < -0.4 is 10.2 Å². The van der Waals surface area contributed by atoms with Crippen molar-refractivity contribution in [2.45, 2.75) is 6.18 Å². The van der Waals surface area contributed by atoms with Crippen molar-refractivity contribution in [1.29, 1.82) is 0 Å². The van der Waals surface area contributed by atoms with Crippen LogP contribution in [0.25, 0.3) is 0 Å². The van der Waals surface area contributed by atoms with Gasteiger partial charge in [-0.05, 0) is 36.4 Å². The number of amides is 1. The minimum Gasteiger partial charge on any atom is -0.449 e. The number of rotatable bonds is 6. The Morgan fingerprint density at radius 2 is 1.81 bits per heavy atom. The number of ether oxygens (including phenoxy) is 1. The summed E-state index contributed by atoms with van der Waals surface area (Å²) >= 11 is 0. The number of benzene rings is 2. The number of para-hydroxylation sites is 1. The number of nitro groups is 1. The average Bonchev–Trinajstić information content (AvgIpc) is 2.74. The van der Waals surface area contributed by atoms with E-state index in [4.69, 9.17) is 4.74 Å². The van der Waals surface area contributed by atoms with Gasteiger partial charge in [0.05, 0.1) is 16.7 Å². The summed E-state index contributed by atoms with van der Waals surface area (Å²) in [6.07, 6.45) is -0.608. The van der Waals surface area contributed by atoms with Gasteiger partial charge in [0.15, 0.2) is 0 Å². The largest absolute Gasteiger partial charge is 0.449 e. The van der Waals surface area contributed by atoms with E-state index in [0.717, 1.165) is 6.07 Å². The number of hydrogen-bond donors (Lipinski definition) is 1. The molecule has 0 saturated heterocycles. The Balaban J connectivity index is 1.82. The molecule has 3 aromatic rings. The van der Waals surface area contributed by atoms with Crippen molar-refractivity contribution in [3.8, 4) is 11.5 Å². The fourth-order valence-electron chi connectivity index (χ4n) is 2.45. The van der Waals surface area contributed by atoms with E-state index in [9.17, 15) is 28.1 Å². The molecule has 0 aliphatic heterocycles. The first kappa shape index (κ1) is 21.4. The maximum absolute atomic E-state index is 12.9. The number of nitro benzene ring substituents is 1. The Hall–Kier alpha value is -4.28. The Morgan fingerprint density at radius 3 is 2.48 bits per heavy atom. The fraction of sp³-hybridized carbons (Fsp3) is 0.0500. The molecular formula is C20H13F3N4O4. The van der Waals surface area contributed by atoms with E-state index >= 15 is 0 Å². The van der Waals surface area contributed by atoms with Crippen molar-refractivity contribution in [2.75, 3.05) is 0 Å². The minimum atomic E-state index is -4.74. The molecule has 0 saturated carbocycles. The lowest BCUT2D eigenvalue weighted by atomic mass is 10.1. The maximum Gasteiger partial charge on any atom is 0.416 e. The first-order chi connectivity index (χ1) is 14.8. The molecule has 3 rings (SSSR count). The Morgan fingerprint density at radius 1 is 1.10 bits per heavy atom. The van der Waals surface area contributed by atoms with Crippen molar-refractivity contribution in [3.05, 3.63) is 93.8 Å². The molecule has 1 N–H and O–H groups in total. The summed E-state index contributed by atoms with van der Waals surface area (Å²) in [7, 11) is 0. The van der Waals surface area contributed by atoms with Gasteiger partial charge in [0, 0.05) is 29.6 Å². The molecule has 0 atom stereocenters. The Bertz CT molecular complexity index is 1130. The summed E-state index contributed by atoms with van der Waals surface area (Å²) in [5, 5.41) is 15.1. The Labute approximate surface area is 173 Å². The third-order valence-electron chi connectivity index (χ3n) is 3.93. The van der Waals surface area contributed by atoms with E-state index in [1.165, 1.54) is 36.8 Å². The smallest absolute Gasteiger partial charge is 0.416 e. The van der Waals surface area contributed by atoms with Crippen LogP contribution in [0.3, 0.4) is 0 Å². The first-order valence-electron chi connectivity index (χ1n) is 8.61. The van der Waals surface area contributed by atoms with Crippen molar-refractivity contribution < 1.29 is 27.6 Å². The first-order valence-corrected chi connectivity index (χ1v) is 8.61. The second-order valence-corrected chi connectivity index (χ2v) is 6.01. The van der Waals surface area contributed by atoms with Gasteiger partial charge in [-0.25, -0.2) is 5.43 Å². The molecule has 0 aliphatic rings. The van der Waals surface area contributed by atoms with E-state index in [0.29, 0.717) is 23.3 Å². The zero-order chi connectivity index (χ0) is 22.4. The molecule has 158 valence electrons. The number of halogens is 3. The zero-order valence-corrected chi connectivity index (χ0v) is 15.5. The highest BCUT2D eigenvalue weighted by Gasteiger charge is 2.33. The number of pyridine rings is 1. The molecule has 0 bridgehead atoms. The summed E-state index contributed by atoms with van der Waals surface area (Å²) in [6.45, 7) is 0. The average molecular weight is 430 g/mol. The third kappa shape index (κ3) is 5.41. The number of hydrogen-bond acceptors (Lipinski definition) is 6. The second-order valence-electron chi connectivity index (χ2n) is 6.01. The Kier molecular flexibility index (Phi) is 6.24. The normalized spacial score (nSPS) is 11.3. The molecule has 8 nitrogen and oxygen atoms in total. The van der Waals surface area contributed by atoms with Gasteiger partial charge in [-0.3, -0.25) is 19.9 Å². The summed E-state index contributed by atoms with van der Waals surface area (Å²) in [5.74, 6) is -0.776. The van der Waals surface area contributed by atoms with Crippen LogP contribution in [-0.4, -0.2) is 22.0 Å². The fourth-order valence-corrected chi connectivity index (χ4v) is 2.45. The number of alkyl halides is 3. The van der Waals surface area contributed by atoms with Crippen molar-refractivity contribution in [3.63, 3.8) is 0 Å². The van der Waals surface area contributed by atoms with Crippen molar-refractivity contribution in [1.82, 2.24) is 10.4 Å². The van der Waals surface area contributed by atoms with E-state index in [-0.39, 0.29) is 11.5 Å². The van der Waals surface area contributed by atoms with Gasteiger partial charge in [0.1, 0.15) is 5.75 Å². The number of hydrazone groups is 1. The lowest BCUT2D eigenvalue weighted by Gasteiger charge is -2.11. The monoisotopic (exact) mass is 430 g/mol. The molecule has 2 aromatic carbocycles. The van der Waals surface area contributed by atoms with Gasteiger partial charge in [-0.1, -0.05) is 12.1 Å². The topological polar surface area (TPSA) is 107 Å². The number of nitrogens with zero attached hydrogens (tertiary/aromatic N) is 3. The van der Waals surface area contributed by atoms with Gasteiger partial charge < -0.3 is 4.74 Å². The second kappa shape index (κ2) is 9.03. The van der Waals surface area contributed by atoms with E-state index < -0.39 is 28.3 Å². The van der Waals surface area contributed by atoms with Gasteiger partial charge in [-0.2, -0.15) is 18.3 Å². The molecule has 1 aromatic heterocycles. The van der Waals surface area contributed by atoms with Crippen LogP contribution in [0.1, 0.15) is 21.5 Å². The molecular weight excluding hydrogens is 417 g/mol. The van der Waals surface area contributed by atoms with Gasteiger partial charge in [0.2, 0.25) is 5.75 Å². The summed E-state index contributed by atoms with van der Waals surface area (Å²) < 4.78 is 44.1. The van der Waals surface area contributed by atoms with Crippen LogP contribution in [0.2, 0.25) is 0 Å². The van der Waals surface area contributed by atoms with E-state index in [2.05, 4.69) is 15.5 Å². The van der Waals surface area contributed by atoms with Crippen LogP contribution in [0.5, 0.6) is 11.5 Å². The summed E-state index contributed by atoms with van der Waals surface area (Å²) in [4.78, 5) is 26.1. The number of carbonyl (C=O) groups is 1. The van der Waals surface area contributed by atoms with Crippen LogP contribution in [0.4, 0.5) is 18.9 Å². The molecule has 0 radical (unpaired) electrons. The number of aromatic nitrogens is 1. The molecule has 11 heteroatoms. The third-order valence-corrected chi connectivity index (χ3v) is 3.93. The highest BCUT2D eigenvalue weighted by Crippen LogP contribution is 2.38. The van der Waals surface area contributed by atoms with Crippen molar-refractivity contribution in [2.24, 2.45) is 5.10 Å². The standard InChI is InChI=1S/C20H13F3N4O4/c21-20(22,23)15-5-6-18(16(11-15)27(29)30)31-17-4-2-1-3-14(17)12-25-26-19(28)13-7-9-24-10-8-13/h1-12H,(H,26,28)/b25-12+. The molecule has 1 heterocycles. The SMILES string of the molecule is O=C(N/N=C/c1ccccc1Oc1ccc(C(F)(F)F)cc1[N+](=O)[O-])c1ccncc1. The molecule has 31 heavy (non-hydrogen) atoms. The van der Waals surface area contributed by atoms with Crippen LogP contribution in [0.15, 0.2) is 72.1 Å². The molecule has 0 spiro atoms. The molecule has 1 amide bonds. The van der Waals surface area contributed by atoms with E-state index in [1.807, 2.05) is 0 Å². The molecule has 0 unspecified atom stereocenters. The van der Waals surface area contributed by atoms with Gasteiger partial charge in [0.25, 0.3) is 5.91 Å². The number of carbonyl (C=O) groups excluding carboxylic acids is 1. The highest BCUT2D eigenvalue weighted by molar-refractivity contribution is 5.94. The molecule has 0 aliphatic carbocycles. The number of nitrogens with one attached hydrogen (secondary N) is 1. The van der Waals surface area contributed by atoms with Crippen LogP contribution in [0, 0.1) is 10.1 Å². The summed E-state index contributed by atoms with van der Waals surface area (Å²) in [5.41, 5.74) is 0.956.